The lowest BCUT2D eigenvalue weighted by Crippen LogP contribution is -2.29. The minimum atomic E-state index is -4.46. The summed E-state index contributed by atoms with van der Waals surface area (Å²) in [6.07, 6.45) is -2.37. The molecule has 9 heteroatoms. The molecular formula is C21H19F3N4O2. The number of hydrogen-bond donors (Lipinski definition) is 1. The van der Waals surface area contributed by atoms with Crippen LogP contribution in [0.4, 0.5) is 19.2 Å². The van der Waals surface area contributed by atoms with Gasteiger partial charge >= 0.3 is 12.2 Å². The van der Waals surface area contributed by atoms with Crippen LogP contribution >= 0.6 is 0 Å². The molecule has 30 heavy (non-hydrogen) atoms. The predicted molar refractivity (Wildman–Crippen MR) is 103 cm³/mol. The number of hydrogen-bond acceptors (Lipinski definition) is 5. The van der Waals surface area contributed by atoms with Crippen molar-refractivity contribution in [2.24, 2.45) is 0 Å². The number of carbonyl (C=O) groups is 1. The molecule has 3 aromatic rings. The number of nitrogens with zero attached hydrogens (tertiary/aromatic N) is 3. The standard InChI is InChI=1S/C21H19F3N4O2/c22-21(23,24)16-10-8-15(9-11-16)18(29)25-17(14-6-2-1-3-7-14)19-26-27-20(30-19)28-12-4-5-13-28/h1-3,6-11,17H,4-5,12-13H2,(H,25,29)/t17-/m1/s1. The molecule has 1 aliphatic heterocycles. The van der Waals surface area contributed by atoms with E-state index in [9.17, 15) is 18.0 Å². The molecule has 1 aromatic heterocycles. The molecule has 0 radical (unpaired) electrons. The van der Waals surface area contributed by atoms with Crippen LogP contribution in [0.25, 0.3) is 0 Å². The Labute approximate surface area is 170 Å². The van der Waals surface area contributed by atoms with Crippen molar-refractivity contribution in [2.75, 3.05) is 18.0 Å². The Morgan fingerprint density at radius 2 is 1.67 bits per heavy atom. The second-order valence-electron chi connectivity index (χ2n) is 7.01. The molecule has 1 amide bonds. The first-order valence-corrected chi connectivity index (χ1v) is 9.53. The SMILES string of the molecule is O=C(N[C@H](c1ccccc1)c1nnc(N2CCCC2)o1)c1ccc(C(F)(F)F)cc1. The maximum absolute atomic E-state index is 12.8. The molecule has 0 aliphatic carbocycles. The predicted octanol–water partition coefficient (Wildman–Crippen LogP) is 4.21. The summed E-state index contributed by atoms with van der Waals surface area (Å²) in [7, 11) is 0. The van der Waals surface area contributed by atoms with E-state index in [1.165, 1.54) is 0 Å². The van der Waals surface area contributed by atoms with Crippen LogP contribution in [-0.4, -0.2) is 29.2 Å². The van der Waals surface area contributed by atoms with Gasteiger partial charge in [0, 0.05) is 18.7 Å². The maximum Gasteiger partial charge on any atom is 0.416 e. The number of halogens is 3. The van der Waals surface area contributed by atoms with Gasteiger partial charge in [0.25, 0.3) is 5.91 Å². The molecule has 1 aliphatic rings. The van der Waals surface area contributed by atoms with E-state index in [1.807, 2.05) is 23.1 Å². The second-order valence-corrected chi connectivity index (χ2v) is 7.01. The highest BCUT2D eigenvalue weighted by Gasteiger charge is 2.31. The fourth-order valence-electron chi connectivity index (χ4n) is 3.34. The van der Waals surface area contributed by atoms with Gasteiger partial charge in [0.1, 0.15) is 6.04 Å². The third-order valence-corrected chi connectivity index (χ3v) is 4.94. The molecule has 0 unspecified atom stereocenters. The number of benzene rings is 2. The molecule has 1 atom stereocenters. The second kappa shape index (κ2) is 8.17. The first-order valence-electron chi connectivity index (χ1n) is 9.53. The molecule has 1 saturated heterocycles. The van der Waals surface area contributed by atoms with Crippen molar-refractivity contribution in [1.82, 2.24) is 15.5 Å². The van der Waals surface area contributed by atoms with Crippen molar-refractivity contribution in [3.63, 3.8) is 0 Å². The van der Waals surface area contributed by atoms with E-state index in [4.69, 9.17) is 4.42 Å². The number of anilines is 1. The smallest absolute Gasteiger partial charge is 0.405 e. The number of carbonyl (C=O) groups excluding carboxylic acids is 1. The minimum absolute atomic E-state index is 0.100. The van der Waals surface area contributed by atoms with E-state index in [-0.39, 0.29) is 11.5 Å². The van der Waals surface area contributed by atoms with Crippen molar-refractivity contribution in [3.05, 3.63) is 77.2 Å². The number of rotatable bonds is 5. The lowest BCUT2D eigenvalue weighted by molar-refractivity contribution is -0.137. The van der Waals surface area contributed by atoms with Crippen LogP contribution in [-0.2, 0) is 6.18 Å². The Balaban J connectivity index is 1.58. The third-order valence-electron chi connectivity index (χ3n) is 4.94. The molecule has 2 heterocycles. The summed E-state index contributed by atoms with van der Waals surface area (Å²) in [4.78, 5) is 14.7. The first-order chi connectivity index (χ1) is 14.4. The quantitative estimate of drug-likeness (QED) is 0.675. The van der Waals surface area contributed by atoms with Crippen LogP contribution < -0.4 is 10.2 Å². The van der Waals surface area contributed by atoms with E-state index in [2.05, 4.69) is 15.5 Å². The Bertz CT molecular complexity index is 997. The van der Waals surface area contributed by atoms with Crippen LogP contribution in [0.1, 0.15) is 46.3 Å². The van der Waals surface area contributed by atoms with Gasteiger partial charge in [-0.15, -0.1) is 5.10 Å². The number of amides is 1. The molecule has 2 aromatic carbocycles. The van der Waals surface area contributed by atoms with Crippen molar-refractivity contribution < 1.29 is 22.4 Å². The van der Waals surface area contributed by atoms with Crippen LogP contribution in [0.5, 0.6) is 0 Å². The molecule has 0 spiro atoms. The third kappa shape index (κ3) is 4.29. The molecule has 1 fully saturated rings. The zero-order valence-electron chi connectivity index (χ0n) is 15.9. The van der Waals surface area contributed by atoms with Crippen molar-refractivity contribution in [3.8, 4) is 0 Å². The van der Waals surface area contributed by atoms with Gasteiger partial charge in [-0.1, -0.05) is 35.4 Å². The van der Waals surface area contributed by atoms with E-state index in [0.29, 0.717) is 6.01 Å². The van der Waals surface area contributed by atoms with E-state index >= 15 is 0 Å². The number of alkyl halides is 3. The summed E-state index contributed by atoms with van der Waals surface area (Å²) in [5, 5.41) is 11.0. The Morgan fingerprint density at radius 1 is 1.00 bits per heavy atom. The van der Waals surface area contributed by atoms with Gasteiger partial charge in [-0.2, -0.15) is 13.2 Å². The Morgan fingerprint density at radius 3 is 2.30 bits per heavy atom. The Hall–Kier alpha value is -3.36. The van der Waals surface area contributed by atoms with Crippen LogP contribution in [0, 0.1) is 0 Å². The van der Waals surface area contributed by atoms with E-state index in [1.54, 1.807) is 12.1 Å². The average Bonchev–Trinajstić information content (AvgIpc) is 3.44. The Kier molecular flexibility index (Phi) is 5.43. The summed E-state index contributed by atoms with van der Waals surface area (Å²) in [5.41, 5.74) is 0.00316. The molecule has 6 nitrogen and oxygen atoms in total. The lowest BCUT2D eigenvalue weighted by Gasteiger charge is -2.16. The summed E-state index contributed by atoms with van der Waals surface area (Å²) in [6.45, 7) is 1.66. The van der Waals surface area contributed by atoms with E-state index < -0.39 is 23.7 Å². The highest BCUT2D eigenvalue weighted by molar-refractivity contribution is 5.94. The van der Waals surface area contributed by atoms with Crippen LogP contribution in [0.3, 0.4) is 0 Å². The fourth-order valence-corrected chi connectivity index (χ4v) is 3.34. The molecule has 0 bridgehead atoms. The first kappa shape index (κ1) is 19.9. The minimum Gasteiger partial charge on any atom is -0.405 e. The van der Waals surface area contributed by atoms with Crippen LogP contribution in [0.2, 0.25) is 0 Å². The van der Waals surface area contributed by atoms with Gasteiger partial charge in [0.05, 0.1) is 5.56 Å². The number of nitrogens with one attached hydrogen (secondary N) is 1. The molecular weight excluding hydrogens is 397 g/mol. The van der Waals surface area contributed by atoms with Crippen LogP contribution in [0.15, 0.2) is 59.0 Å². The highest BCUT2D eigenvalue weighted by atomic mass is 19.4. The van der Waals surface area contributed by atoms with Gasteiger partial charge in [0.15, 0.2) is 0 Å². The van der Waals surface area contributed by atoms with Crippen molar-refractivity contribution in [2.45, 2.75) is 25.1 Å². The topological polar surface area (TPSA) is 71.3 Å². The zero-order chi connectivity index (χ0) is 21.1. The van der Waals surface area contributed by atoms with Gasteiger partial charge < -0.3 is 14.6 Å². The van der Waals surface area contributed by atoms with Crippen molar-refractivity contribution in [1.29, 1.82) is 0 Å². The van der Waals surface area contributed by atoms with Gasteiger partial charge in [0.2, 0.25) is 5.89 Å². The summed E-state index contributed by atoms with van der Waals surface area (Å²) in [6, 6.07) is 12.8. The summed E-state index contributed by atoms with van der Waals surface area (Å²) in [5.74, 6) is -0.332. The molecule has 0 saturated carbocycles. The number of aromatic nitrogens is 2. The molecule has 156 valence electrons. The average molecular weight is 416 g/mol. The zero-order valence-corrected chi connectivity index (χ0v) is 15.9. The van der Waals surface area contributed by atoms with Crippen molar-refractivity contribution >= 4 is 11.9 Å². The fraction of sp³-hybridized carbons (Fsp3) is 0.286. The van der Waals surface area contributed by atoms with E-state index in [0.717, 1.165) is 55.8 Å². The molecule has 1 N–H and O–H groups in total. The normalized spacial score (nSPS) is 15.2. The highest BCUT2D eigenvalue weighted by Crippen LogP contribution is 2.29. The largest absolute Gasteiger partial charge is 0.416 e. The summed E-state index contributed by atoms with van der Waals surface area (Å²) >= 11 is 0. The monoisotopic (exact) mass is 416 g/mol. The van der Waals surface area contributed by atoms with Gasteiger partial charge in [-0.3, -0.25) is 4.79 Å². The lowest BCUT2D eigenvalue weighted by atomic mass is 10.1. The van der Waals surface area contributed by atoms with Gasteiger partial charge in [-0.05, 0) is 42.7 Å². The molecule has 4 rings (SSSR count). The van der Waals surface area contributed by atoms with Gasteiger partial charge in [-0.25, -0.2) is 0 Å². The summed E-state index contributed by atoms with van der Waals surface area (Å²) < 4.78 is 44.1. The maximum atomic E-state index is 12.8.